The van der Waals surface area contributed by atoms with Crippen LogP contribution in [0.5, 0.6) is 5.75 Å². The van der Waals surface area contributed by atoms with Crippen molar-refractivity contribution in [1.29, 1.82) is 0 Å². The molecular weight excluding hydrogens is 372 g/mol. The van der Waals surface area contributed by atoms with Gasteiger partial charge in [-0.3, -0.25) is 9.69 Å². The van der Waals surface area contributed by atoms with Crippen molar-refractivity contribution >= 4 is 32.6 Å². The largest absolute Gasteiger partial charge is 0.494 e. The molecule has 2 aromatic carbocycles. The van der Waals surface area contributed by atoms with Crippen LogP contribution in [0.15, 0.2) is 54.6 Å². The number of ether oxygens (including phenoxy) is 2. The minimum Gasteiger partial charge on any atom is -0.494 e. The molecule has 0 saturated carbocycles. The number of amides is 1. The molecule has 6 heteroatoms. The highest BCUT2D eigenvalue weighted by Gasteiger charge is 2.25. The van der Waals surface area contributed by atoms with Crippen molar-refractivity contribution in [2.75, 3.05) is 24.7 Å². The van der Waals surface area contributed by atoms with Gasteiger partial charge in [-0.25, -0.2) is 4.98 Å². The van der Waals surface area contributed by atoms with Gasteiger partial charge in [-0.1, -0.05) is 41.7 Å². The van der Waals surface area contributed by atoms with Crippen molar-refractivity contribution in [2.24, 2.45) is 0 Å². The summed E-state index contributed by atoms with van der Waals surface area (Å²) in [5.74, 6) is 0.906. The van der Waals surface area contributed by atoms with Crippen LogP contribution in [0.3, 0.4) is 0 Å². The van der Waals surface area contributed by atoms with E-state index in [2.05, 4.69) is 4.98 Å². The Morgan fingerprint density at radius 1 is 1.18 bits per heavy atom. The standard InChI is InChI=1S/C22H24N2O3S/c25-21(13-7-15-26-17-8-2-1-3-9-17)24(16-18-10-6-14-27-18)22-23-19-11-4-5-12-20(19)28-22/h1-5,8-9,11-12,18H,6-7,10,13-16H2/t18-/m1/s1. The molecule has 1 saturated heterocycles. The molecule has 4 rings (SSSR count). The van der Waals surface area contributed by atoms with E-state index < -0.39 is 0 Å². The third-order valence-electron chi connectivity index (χ3n) is 4.77. The third kappa shape index (κ3) is 4.69. The fraction of sp³-hybridized carbons (Fsp3) is 0.364. The van der Waals surface area contributed by atoms with Crippen LogP contribution in [0.4, 0.5) is 5.13 Å². The topological polar surface area (TPSA) is 51.7 Å². The summed E-state index contributed by atoms with van der Waals surface area (Å²) in [5, 5.41) is 0.755. The molecule has 0 aliphatic carbocycles. The van der Waals surface area contributed by atoms with E-state index in [0.717, 1.165) is 40.5 Å². The number of aromatic nitrogens is 1. The number of carbonyl (C=O) groups is 1. The molecule has 0 bridgehead atoms. The first-order valence-electron chi connectivity index (χ1n) is 9.75. The molecule has 2 heterocycles. The van der Waals surface area contributed by atoms with E-state index in [1.807, 2.05) is 59.5 Å². The van der Waals surface area contributed by atoms with Crippen LogP contribution in [0.2, 0.25) is 0 Å². The Labute approximate surface area is 168 Å². The number of hydrogen-bond acceptors (Lipinski definition) is 5. The minimum atomic E-state index is 0.0752. The molecule has 1 fully saturated rings. The highest BCUT2D eigenvalue weighted by atomic mass is 32.1. The Hall–Kier alpha value is -2.44. The number of benzene rings is 2. The average molecular weight is 397 g/mol. The average Bonchev–Trinajstić information content (AvgIpc) is 3.39. The lowest BCUT2D eigenvalue weighted by Gasteiger charge is -2.23. The summed E-state index contributed by atoms with van der Waals surface area (Å²) in [6.07, 6.45) is 3.23. The predicted octanol–water partition coefficient (Wildman–Crippen LogP) is 4.67. The molecule has 0 spiro atoms. The molecule has 1 aliphatic heterocycles. The van der Waals surface area contributed by atoms with E-state index in [0.29, 0.717) is 26.0 Å². The van der Waals surface area contributed by atoms with Crippen LogP contribution in [-0.2, 0) is 9.53 Å². The van der Waals surface area contributed by atoms with E-state index in [9.17, 15) is 4.79 Å². The number of rotatable bonds is 8. The van der Waals surface area contributed by atoms with Crippen LogP contribution >= 0.6 is 11.3 Å². The van der Waals surface area contributed by atoms with Crippen LogP contribution in [0.1, 0.15) is 25.7 Å². The first-order valence-corrected chi connectivity index (χ1v) is 10.6. The summed E-state index contributed by atoms with van der Waals surface area (Å²) >= 11 is 1.56. The molecule has 1 aromatic heterocycles. The summed E-state index contributed by atoms with van der Waals surface area (Å²) < 4.78 is 12.6. The highest BCUT2D eigenvalue weighted by Crippen LogP contribution is 2.30. The SMILES string of the molecule is O=C(CCCOc1ccccc1)N(C[C@H]1CCCO1)c1nc2ccccc2s1. The number of nitrogens with zero attached hydrogens (tertiary/aromatic N) is 2. The Balaban J connectivity index is 1.41. The molecule has 0 unspecified atom stereocenters. The van der Waals surface area contributed by atoms with Crippen molar-refractivity contribution in [3.8, 4) is 5.75 Å². The second kappa shape index (κ2) is 9.17. The van der Waals surface area contributed by atoms with Crippen molar-refractivity contribution < 1.29 is 14.3 Å². The third-order valence-corrected chi connectivity index (χ3v) is 5.83. The van der Waals surface area contributed by atoms with Gasteiger partial charge in [0.1, 0.15) is 5.75 Å². The molecule has 0 N–H and O–H groups in total. The first-order chi connectivity index (χ1) is 13.8. The molecule has 5 nitrogen and oxygen atoms in total. The number of thiazole rings is 1. The second-order valence-electron chi connectivity index (χ2n) is 6.87. The Bertz CT molecular complexity index is 873. The maximum absolute atomic E-state index is 13.0. The van der Waals surface area contributed by atoms with Gasteiger partial charge in [0.05, 0.1) is 29.5 Å². The van der Waals surface area contributed by atoms with Crippen LogP contribution in [-0.4, -0.2) is 36.8 Å². The van der Waals surface area contributed by atoms with Gasteiger partial charge in [-0.2, -0.15) is 0 Å². The number of anilines is 1. The summed E-state index contributed by atoms with van der Waals surface area (Å²) in [7, 11) is 0. The monoisotopic (exact) mass is 396 g/mol. The maximum Gasteiger partial charge on any atom is 0.228 e. The molecule has 1 atom stereocenters. The summed E-state index contributed by atoms with van der Waals surface area (Å²) in [4.78, 5) is 19.5. The lowest BCUT2D eigenvalue weighted by atomic mass is 10.2. The fourth-order valence-corrected chi connectivity index (χ4v) is 4.31. The molecular formula is C22H24N2O3S. The Morgan fingerprint density at radius 2 is 2.00 bits per heavy atom. The van der Waals surface area contributed by atoms with Crippen LogP contribution in [0.25, 0.3) is 10.2 Å². The van der Waals surface area contributed by atoms with Crippen molar-refractivity contribution in [3.63, 3.8) is 0 Å². The highest BCUT2D eigenvalue weighted by molar-refractivity contribution is 7.22. The molecule has 3 aromatic rings. The quantitative estimate of drug-likeness (QED) is 0.519. The van der Waals surface area contributed by atoms with Gasteiger partial charge in [0, 0.05) is 13.0 Å². The summed E-state index contributed by atoms with van der Waals surface area (Å²) in [6, 6.07) is 17.7. The molecule has 146 valence electrons. The molecule has 28 heavy (non-hydrogen) atoms. The number of hydrogen-bond donors (Lipinski definition) is 0. The zero-order chi connectivity index (χ0) is 19.2. The lowest BCUT2D eigenvalue weighted by molar-refractivity contribution is -0.119. The molecule has 1 amide bonds. The Kier molecular flexibility index (Phi) is 6.19. The number of fused-ring (bicyclic) bond motifs is 1. The predicted molar refractivity (Wildman–Crippen MR) is 112 cm³/mol. The lowest BCUT2D eigenvalue weighted by Crippen LogP contribution is -2.37. The Morgan fingerprint density at radius 3 is 2.79 bits per heavy atom. The van der Waals surface area contributed by atoms with E-state index >= 15 is 0 Å². The summed E-state index contributed by atoms with van der Waals surface area (Å²) in [5.41, 5.74) is 0.931. The van der Waals surface area contributed by atoms with E-state index in [1.54, 1.807) is 11.3 Å². The van der Waals surface area contributed by atoms with Gasteiger partial charge in [0.25, 0.3) is 0 Å². The van der Waals surface area contributed by atoms with Crippen molar-refractivity contribution in [3.05, 3.63) is 54.6 Å². The van der Waals surface area contributed by atoms with E-state index in [4.69, 9.17) is 9.47 Å². The van der Waals surface area contributed by atoms with Crippen molar-refractivity contribution in [1.82, 2.24) is 4.98 Å². The molecule has 1 aliphatic rings. The zero-order valence-electron chi connectivity index (χ0n) is 15.8. The van der Waals surface area contributed by atoms with Gasteiger partial charge in [0.2, 0.25) is 5.91 Å². The van der Waals surface area contributed by atoms with Crippen LogP contribution < -0.4 is 9.64 Å². The van der Waals surface area contributed by atoms with Gasteiger partial charge in [0.15, 0.2) is 5.13 Å². The van der Waals surface area contributed by atoms with Gasteiger partial charge in [-0.15, -0.1) is 0 Å². The van der Waals surface area contributed by atoms with Gasteiger partial charge < -0.3 is 9.47 Å². The van der Waals surface area contributed by atoms with E-state index in [1.165, 1.54) is 0 Å². The normalized spacial score (nSPS) is 16.4. The first kappa shape index (κ1) is 18.9. The van der Waals surface area contributed by atoms with E-state index in [-0.39, 0.29) is 12.0 Å². The molecule has 0 radical (unpaired) electrons. The smallest absolute Gasteiger partial charge is 0.228 e. The maximum atomic E-state index is 13.0. The second-order valence-corrected chi connectivity index (χ2v) is 7.88. The van der Waals surface area contributed by atoms with Gasteiger partial charge in [-0.05, 0) is 43.5 Å². The fourth-order valence-electron chi connectivity index (χ4n) is 3.32. The van der Waals surface area contributed by atoms with Gasteiger partial charge >= 0.3 is 0 Å². The minimum absolute atomic E-state index is 0.0752. The number of para-hydroxylation sites is 2. The number of carbonyl (C=O) groups excluding carboxylic acids is 1. The van der Waals surface area contributed by atoms with Crippen molar-refractivity contribution in [2.45, 2.75) is 31.8 Å². The zero-order valence-corrected chi connectivity index (χ0v) is 16.6. The summed E-state index contributed by atoms with van der Waals surface area (Å²) in [6.45, 7) is 1.86. The van der Waals surface area contributed by atoms with Crippen LogP contribution in [0, 0.1) is 0 Å².